The largest absolute Gasteiger partial charge is 0.404 e. The summed E-state index contributed by atoms with van der Waals surface area (Å²) in [4.78, 5) is 12.7. The first-order valence-electron chi connectivity index (χ1n) is 6.78. The first kappa shape index (κ1) is 21.8. The number of carbonyl (C=O) groups is 1. The van der Waals surface area contributed by atoms with Crippen molar-refractivity contribution in [3.8, 4) is 0 Å². The maximum atomic E-state index is 11.1. The standard InChI is InChI=1S/C8H13N3O.3C2H6/c1-3-7-6(4-9)5-11(2)8(12)10-7;3*1-2/h3-4H,5,9H2,1-2H3,(H,10,12);3*1-2H3/b6-4-,7-3+;;;. The van der Waals surface area contributed by atoms with Crippen molar-refractivity contribution in [3.63, 3.8) is 0 Å². The van der Waals surface area contributed by atoms with Crippen LogP contribution in [0.5, 0.6) is 0 Å². The van der Waals surface area contributed by atoms with Crippen LogP contribution < -0.4 is 11.1 Å². The van der Waals surface area contributed by atoms with Crippen LogP contribution in [0, 0.1) is 0 Å². The normalized spacial score (nSPS) is 17.6. The van der Waals surface area contributed by atoms with E-state index >= 15 is 0 Å². The highest BCUT2D eigenvalue weighted by atomic mass is 16.2. The van der Waals surface area contributed by atoms with Gasteiger partial charge in [-0.25, -0.2) is 4.79 Å². The molecule has 1 saturated heterocycles. The molecule has 1 fully saturated rings. The minimum atomic E-state index is -0.0892. The third-order valence-corrected chi connectivity index (χ3v) is 1.83. The number of hydrogen-bond acceptors (Lipinski definition) is 2. The van der Waals surface area contributed by atoms with Crippen molar-refractivity contribution < 1.29 is 4.79 Å². The summed E-state index contributed by atoms with van der Waals surface area (Å²) in [7, 11) is 1.73. The molecule has 0 aromatic carbocycles. The van der Waals surface area contributed by atoms with Gasteiger partial charge in [0, 0.05) is 24.5 Å². The molecule has 0 unspecified atom stereocenters. The first-order chi connectivity index (χ1) is 8.69. The number of urea groups is 1. The van der Waals surface area contributed by atoms with Gasteiger partial charge >= 0.3 is 6.03 Å². The molecule has 18 heavy (non-hydrogen) atoms. The fourth-order valence-electron chi connectivity index (χ4n) is 1.10. The highest BCUT2D eigenvalue weighted by Gasteiger charge is 2.20. The van der Waals surface area contributed by atoms with Gasteiger partial charge in [-0.2, -0.15) is 0 Å². The van der Waals surface area contributed by atoms with E-state index in [0.717, 1.165) is 11.3 Å². The van der Waals surface area contributed by atoms with Crippen molar-refractivity contribution in [1.82, 2.24) is 10.2 Å². The topological polar surface area (TPSA) is 58.4 Å². The Labute approximate surface area is 113 Å². The lowest BCUT2D eigenvalue weighted by Crippen LogP contribution is -2.44. The summed E-state index contributed by atoms with van der Waals surface area (Å²) in [5.74, 6) is 0. The van der Waals surface area contributed by atoms with E-state index in [9.17, 15) is 4.79 Å². The highest BCUT2D eigenvalue weighted by Crippen LogP contribution is 2.12. The van der Waals surface area contributed by atoms with Crippen molar-refractivity contribution in [2.45, 2.75) is 48.5 Å². The molecule has 1 aliphatic rings. The van der Waals surface area contributed by atoms with Gasteiger partial charge in [0.25, 0.3) is 0 Å². The molecule has 0 atom stereocenters. The third kappa shape index (κ3) is 7.76. The average Bonchev–Trinajstić information content (AvgIpc) is 2.47. The van der Waals surface area contributed by atoms with Crippen molar-refractivity contribution in [2.24, 2.45) is 5.73 Å². The Morgan fingerprint density at radius 1 is 1.17 bits per heavy atom. The second kappa shape index (κ2) is 15.6. The van der Waals surface area contributed by atoms with Gasteiger partial charge in [-0.3, -0.25) is 0 Å². The lowest BCUT2D eigenvalue weighted by atomic mass is 10.1. The summed E-state index contributed by atoms with van der Waals surface area (Å²) in [5.41, 5.74) is 7.15. The van der Waals surface area contributed by atoms with Gasteiger partial charge in [0.1, 0.15) is 0 Å². The van der Waals surface area contributed by atoms with E-state index in [-0.39, 0.29) is 6.03 Å². The van der Waals surface area contributed by atoms with Gasteiger partial charge in [-0.1, -0.05) is 47.6 Å². The fourth-order valence-corrected chi connectivity index (χ4v) is 1.10. The summed E-state index contributed by atoms with van der Waals surface area (Å²) in [6.45, 7) is 14.4. The van der Waals surface area contributed by atoms with Crippen LogP contribution in [0.1, 0.15) is 48.5 Å². The van der Waals surface area contributed by atoms with E-state index in [1.165, 1.54) is 6.20 Å². The van der Waals surface area contributed by atoms with Crippen molar-refractivity contribution in [1.29, 1.82) is 0 Å². The monoisotopic (exact) mass is 257 g/mol. The maximum Gasteiger partial charge on any atom is 0.321 e. The molecule has 4 heteroatoms. The molecule has 1 heterocycles. The molecule has 1 aliphatic heterocycles. The number of carbonyl (C=O) groups excluding carboxylic acids is 1. The summed E-state index contributed by atoms with van der Waals surface area (Å²) in [6.07, 6.45) is 3.36. The number of hydrogen-bond donors (Lipinski definition) is 2. The molecular formula is C14H31N3O. The minimum Gasteiger partial charge on any atom is -0.404 e. The van der Waals surface area contributed by atoms with Crippen LogP contribution in [0.4, 0.5) is 4.79 Å². The molecule has 2 amide bonds. The van der Waals surface area contributed by atoms with E-state index < -0.39 is 0 Å². The number of nitrogens with one attached hydrogen (secondary N) is 1. The number of allylic oxidation sites excluding steroid dienone is 1. The molecule has 3 N–H and O–H groups in total. The van der Waals surface area contributed by atoms with Gasteiger partial charge in [0.2, 0.25) is 0 Å². The van der Waals surface area contributed by atoms with Crippen LogP contribution in [0.15, 0.2) is 23.5 Å². The molecule has 0 aromatic heterocycles. The number of amides is 2. The number of likely N-dealkylation sites (N-methyl/N-ethyl adjacent to an activating group) is 1. The third-order valence-electron chi connectivity index (χ3n) is 1.83. The van der Waals surface area contributed by atoms with Gasteiger partial charge in [0.05, 0.1) is 6.54 Å². The molecule has 0 aromatic rings. The lowest BCUT2D eigenvalue weighted by molar-refractivity contribution is 0.211. The SMILES string of the molecule is C/C=C1/NC(=O)N(C)C/C1=C/N.CC.CC.CC. The zero-order valence-corrected chi connectivity index (χ0v) is 13.3. The van der Waals surface area contributed by atoms with Crippen LogP contribution in [-0.2, 0) is 0 Å². The van der Waals surface area contributed by atoms with E-state index in [0.29, 0.717) is 6.54 Å². The predicted molar refractivity (Wildman–Crippen MR) is 81.2 cm³/mol. The van der Waals surface area contributed by atoms with Gasteiger partial charge < -0.3 is 16.0 Å². The maximum absolute atomic E-state index is 11.1. The average molecular weight is 257 g/mol. The van der Waals surface area contributed by atoms with Gasteiger partial charge in [-0.05, 0) is 6.92 Å². The summed E-state index contributed by atoms with van der Waals surface area (Å²) < 4.78 is 0. The number of nitrogens with two attached hydrogens (primary N) is 1. The Bertz CT molecular complexity index is 258. The summed E-state index contributed by atoms with van der Waals surface area (Å²) >= 11 is 0. The fraction of sp³-hybridized carbons (Fsp3) is 0.643. The van der Waals surface area contributed by atoms with Crippen LogP contribution in [0.25, 0.3) is 0 Å². The molecule has 0 radical (unpaired) electrons. The Morgan fingerprint density at radius 2 is 1.61 bits per heavy atom. The van der Waals surface area contributed by atoms with Gasteiger partial charge in [-0.15, -0.1) is 0 Å². The predicted octanol–water partition coefficient (Wildman–Crippen LogP) is 3.47. The van der Waals surface area contributed by atoms with E-state index in [2.05, 4.69) is 5.32 Å². The number of rotatable bonds is 0. The first-order valence-corrected chi connectivity index (χ1v) is 6.78. The summed E-state index contributed by atoms with van der Waals surface area (Å²) in [5, 5.41) is 2.72. The Kier molecular flexibility index (Phi) is 18.8. The second-order valence-electron chi connectivity index (χ2n) is 2.68. The van der Waals surface area contributed by atoms with Crippen LogP contribution in [0.3, 0.4) is 0 Å². The molecule has 4 nitrogen and oxygen atoms in total. The van der Waals surface area contributed by atoms with Crippen molar-refractivity contribution >= 4 is 6.03 Å². The van der Waals surface area contributed by atoms with E-state index in [1.54, 1.807) is 11.9 Å². The van der Waals surface area contributed by atoms with Crippen molar-refractivity contribution in [2.75, 3.05) is 13.6 Å². The van der Waals surface area contributed by atoms with Crippen molar-refractivity contribution in [3.05, 3.63) is 23.5 Å². The van der Waals surface area contributed by atoms with Crippen LogP contribution in [0.2, 0.25) is 0 Å². The molecule has 0 spiro atoms. The molecule has 108 valence electrons. The van der Waals surface area contributed by atoms with E-state index in [4.69, 9.17) is 5.73 Å². The molecule has 0 bridgehead atoms. The Morgan fingerprint density at radius 3 is 1.94 bits per heavy atom. The zero-order chi connectivity index (χ0) is 15.1. The van der Waals surface area contributed by atoms with Crippen LogP contribution >= 0.6 is 0 Å². The molecule has 0 aliphatic carbocycles. The number of nitrogens with zero attached hydrogens (tertiary/aromatic N) is 1. The second-order valence-corrected chi connectivity index (χ2v) is 2.68. The quantitative estimate of drug-likeness (QED) is 0.698. The summed E-state index contributed by atoms with van der Waals surface area (Å²) in [6, 6.07) is -0.0892. The smallest absolute Gasteiger partial charge is 0.321 e. The lowest BCUT2D eigenvalue weighted by Gasteiger charge is -2.27. The Balaban J connectivity index is -0.000000328. The molecular weight excluding hydrogens is 226 g/mol. The minimum absolute atomic E-state index is 0.0892. The van der Waals surface area contributed by atoms with E-state index in [1.807, 2.05) is 54.5 Å². The van der Waals surface area contributed by atoms with Crippen LogP contribution in [-0.4, -0.2) is 24.5 Å². The Hall–Kier alpha value is -1.45. The molecule has 0 saturated carbocycles. The molecule has 1 rings (SSSR count). The van der Waals surface area contributed by atoms with Gasteiger partial charge in [0.15, 0.2) is 0 Å². The zero-order valence-electron chi connectivity index (χ0n) is 13.3. The highest BCUT2D eigenvalue weighted by molar-refractivity contribution is 5.79.